The Morgan fingerprint density at radius 3 is 2.70 bits per heavy atom. The quantitative estimate of drug-likeness (QED) is 0.777. The molecule has 2 aliphatic rings. The maximum Gasteiger partial charge on any atom is 0.251 e. The summed E-state index contributed by atoms with van der Waals surface area (Å²) in [5.74, 6) is 1.95. The second-order valence-electron chi connectivity index (χ2n) is 8.57. The van der Waals surface area contributed by atoms with Gasteiger partial charge in [-0.05, 0) is 68.1 Å². The number of benzene rings is 2. The fraction of sp³-hybridized carbons (Fsp3) is 0.458. The van der Waals surface area contributed by atoms with Crippen LogP contribution in [-0.4, -0.2) is 51.2 Å². The van der Waals surface area contributed by atoms with E-state index in [9.17, 15) is 4.79 Å². The molecule has 2 fully saturated rings. The highest BCUT2D eigenvalue weighted by Gasteiger charge is 2.50. The summed E-state index contributed by atoms with van der Waals surface area (Å²) in [6.45, 7) is 2.04. The SMILES string of the molecule is COc1ccc([C@@]23CC[C@@H](NC(=O)c4cccc(Cl)c4)C[C@@H]2CN(C)C3)cc1OC. The zero-order chi connectivity index (χ0) is 21.3. The molecule has 2 aromatic rings. The van der Waals surface area contributed by atoms with Crippen molar-refractivity contribution in [2.24, 2.45) is 5.92 Å². The highest BCUT2D eigenvalue weighted by molar-refractivity contribution is 6.30. The molecule has 1 aliphatic heterocycles. The van der Waals surface area contributed by atoms with Gasteiger partial charge in [-0.1, -0.05) is 23.7 Å². The van der Waals surface area contributed by atoms with E-state index in [1.807, 2.05) is 12.1 Å². The lowest BCUT2D eigenvalue weighted by molar-refractivity contribution is 0.0904. The Morgan fingerprint density at radius 2 is 1.97 bits per heavy atom. The van der Waals surface area contributed by atoms with Gasteiger partial charge in [0.15, 0.2) is 11.5 Å². The molecule has 0 aromatic heterocycles. The van der Waals surface area contributed by atoms with Crippen molar-refractivity contribution < 1.29 is 14.3 Å². The summed E-state index contributed by atoms with van der Waals surface area (Å²) in [7, 11) is 5.52. The third-order valence-corrected chi connectivity index (χ3v) is 6.99. The van der Waals surface area contributed by atoms with Gasteiger partial charge in [-0.15, -0.1) is 0 Å². The van der Waals surface area contributed by atoms with Gasteiger partial charge < -0.3 is 19.7 Å². The molecular weight excluding hydrogens is 400 g/mol. The Morgan fingerprint density at radius 1 is 1.17 bits per heavy atom. The largest absolute Gasteiger partial charge is 0.493 e. The van der Waals surface area contributed by atoms with Crippen molar-refractivity contribution in [3.8, 4) is 11.5 Å². The Hall–Kier alpha value is -2.24. The van der Waals surface area contributed by atoms with Gasteiger partial charge in [0.1, 0.15) is 0 Å². The van der Waals surface area contributed by atoms with Crippen LogP contribution in [0.25, 0.3) is 0 Å². The van der Waals surface area contributed by atoms with Crippen molar-refractivity contribution in [2.45, 2.75) is 30.7 Å². The van der Waals surface area contributed by atoms with Crippen LogP contribution < -0.4 is 14.8 Å². The van der Waals surface area contributed by atoms with Gasteiger partial charge in [0, 0.05) is 35.1 Å². The highest BCUT2D eigenvalue weighted by atomic mass is 35.5. The van der Waals surface area contributed by atoms with Gasteiger partial charge >= 0.3 is 0 Å². The van der Waals surface area contributed by atoms with Crippen LogP contribution in [0.3, 0.4) is 0 Å². The van der Waals surface area contributed by atoms with E-state index in [1.54, 1.807) is 32.4 Å². The Kier molecular flexibility index (Phi) is 5.94. The summed E-state index contributed by atoms with van der Waals surface area (Å²) in [4.78, 5) is 15.1. The Labute approximate surface area is 183 Å². The molecule has 1 saturated carbocycles. The third-order valence-electron chi connectivity index (χ3n) is 6.75. The number of carbonyl (C=O) groups excluding carboxylic acids is 1. The number of ether oxygens (including phenoxy) is 2. The summed E-state index contributed by atoms with van der Waals surface area (Å²) in [6, 6.07) is 13.6. The minimum absolute atomic E-state index is 0.0486. The monoisotopic (exact) mass is 428 g/mol. The molecule has 0 spiro atoms. The number of nitrogens with zero attached hydrogens (tertiary/aromatic N) is 1. The lowest BCUT2D eigenvalue weighted by Gasteiger charge is -2.43. The van der Waals surface area contributed by atoms with Gasteiger partial charge in [0.05, 0.1) is 14.2 Å². The van der Waals surface area contributed by atoms with Gasteiger partial charge in [-0.3, -0.25) is 4.79 Å². The zero-order valence-electron chi connectivity index (χ0n) is 17.8. The van der Waals surface area contributed by atoms with E-state index in [4.69, 9.17) is 21.1 Å². The highest BCUT2D eigenvalue weighted by Crippen LogP contribution is 2.49. The number of fused-ring (bicyclic) bond motifs is 1. The molecule has 160 valence electrons. The Bertz CT molecular complexity index is 934. The molecule has 5 nitrogen and oxygen atoms in total. The van der Waals surface area contributed by atoms with Crippen molar-refractivity contribution in [3.05, 3.63) is 58.6 Å². The summed E-state index contributed by atoms with van der Waals surface area (Å²) in [5, 5.41) is 3.82. The van der Waals surface area contributed by atoms with Crippen molar-refractivity contribution in [1.29, 1.82) is 0 Å². The average Bonchev–Trinajstić information content (AvgIpc) is 3.09. The maximum atomic E-state index is 12.7. The molecule has 1 heterocycles. The molecule has 1 N–H and O–H groups in total. The molecular formula is C24H29ClN2O3. The normalized spacial score (nSPS) is 26.1. The molecule has 6 heteroatoms. The molecule has 4 rings (SSSR count). The molecule has 2 aromatic carbocycles. The summed E-state index contributed by atoms with van der Waals surface area (Å²) in [5.41, 5.74) is 1.99. The predicted molar refractivity (Wildman–Crippen MR) is 119 cm³/mol. The number of likely N-dealkylation sites (tertiary alicyclic amines) is 1. The van der Waals surface area contributed by atoms with E-state index in [-0.39, 0.29) is 17.4 Å². The lowest BCUT2D eigenvalue weighted by atomic mass is 9.63. The fourth-order valence-electron chi connectivity index (χ4n) is 5.35. The number of carbonyl (C=O) groups is 1. The van der Waals surface area contributed by atoms with Gasteiger partial charge in [-0.2, -0.15) is 0 Å². The van der Waals surface area contributed by atoms with Crippen molar-refractivity contribution in [2.75, 3.05) is 34.4 Å². The van der Waals surface area contributed by atoms with Gasteiger partial charge in [0.2, 0.25) is 0 Å². The fourth-order valence-corrected chi connectivity index (χ4v) is 5.54. The van der Waals surface area contributed by atoms with Crippen LogP contribution in [0.15, 0.2) is 42.5 Å². The van der Waals surface area contributed by atoms with E-state index < -0.39 is 0 Å². The maximum absolute atomic E-state index is 12.7. The molecule has 0 radical (unpaired) electrons. The van der Waals surface area contributed by atoms with Crippen LogP contribution in [0.5, 0.6) is 11.5 Å². The number of amides is 1. The van der Waals surface area contributed by atoms with Crippen molar-refractivity contribution in [3.63, 3.8) is 0 Å². The van der Waals surface area contributed by atoms with E-state index in [0.717, 1.165) is 43.9 Å². The van der Waals surface area contributed by atoms with Gasteiger partial charge in [-0.25, -0.2) is 0 Å². The first-order chi connectivity index (χ1) is 14.4. The van der Waals surface area contributed by atoms with E-state index in [2.05, 4.69) is 29.4 Å². The minimum Gasteiger partial charge on any atom is -0.493 e. The molecule has 3 atom stereocenters. The number of halogens is 1. The molecule has 1 amide bonds. The number of hydrogen-bond acceptors (Lipinski definition) is 4. The van der Waals surface area contributed by atoms with Crippen LogP contribution >= 0.6 is 11.6 Å². The second-order valence-corrected chi connectivity index (χ2v) is 9.01. The molecule has 0 unspecified atom stereocenters. The Balaban J connectivity index is 1.54. The average molecular weight is 429 g/mol. The number of nitrogens with one attached hydrogen (secondary N) is 1. The molecule has 30 heavy (non-hydrogen) atoms. The molecule has 0 bridgehead atoms. The van der Waals surface area contributed by atoms with E-state index >= 15 is 0 Å². The number of methoxy groups -OCH3 is 2. The number of likely N-dealkylation sites (N-methyl/N-ethyl adjacent to an activating group) is 1. The minimum atomic E-state index is -0.0486. The van der Waals surface area contributed by atoms with E-state index in [1.165, 1.54) is 5.56 Å². The van der Waals surface area contributed by atoms with Crippen molar-refractivity contribution in [1.82, 2.24) is 10.2 Å². The molecule has 1 aliphatic carbocycles. The van der Waals surface area contributed by atoms with E-state index in [0.29, 0.717) is 16.5 Å². The van der Waals surface area contributed by atoms with Crippen LogP contribution in [0.1, 0.15) is 35.2 Å². The van der Waals surface area contributed by atoms with Crippen LogP contribution in [0.2, 0.25) is 5.02 Å². The zero-order valence-corrected chi connectivity index (χ0v) is 18.5. The van der Waals surface area contributed by atoms with Crippen LogP contribution in [0, 0.1) is 5.92 Å². The predicted octanol–water partition coefficient (Wildman–Crippen LogP) is 4.14. The van der Waals surface area contributed by atoms with Crippen LogP contribution in [0.4, 0.5) is 0 Å². The number of rotatable bonds is 5. The first-order valence-corrected chi connectivity index (χ1v) is 10.8. The molecule has 1 saturated heterocycles. The second kappa shape index (κ2) is 8.48. The van der Waals surface area contributed by atoms with Crippen LogP contribution in [-0.2, 0) is 5.41 Å². The summed E-state index contributed by atoms with van der Waals surface area (Å²) < 4.78 is 11.0. The third kappa shape index (κ3) is 3.88. The van der Waals surface area contributed by atoms with Gasteiger partial charge in [0.25, 0.3) is 5.91 Å². The standard InChI is InChI=1S/C24H29ClN2O3/c1-27-14-18-12-20(26-23(28)16-5-4-6-19(25)11-16)9-10-24(18,15-27)17-7-8-21(29-2)22(13-17)30-3/h4-8,11,13,18,20H,9-10,12,14-15H2,1-3H3,(H,26,28)/t18-,20-,24+/m1/s1. The lowest BCUT2D eigenvalue weighted by Crippen LogP contribution is -2.47. The number of hydrogen-bond donors (Lipinski definition) is 1. The first kappa shape index (κ1) is 21.0. The first-order valence-electron chi connectivity index (χ1n) is 10.4. The smallest absolute Gasteiger partial charge is 0.251 e. The topological polar surface area (TPSA) is 50.8 Å². The van der Waals surface area contributed by atoms with Crippen molar-refractivity contribution >= 4 is 17.5 Å². The summed E-state index contributed by atoms with van der Waals surface area (Å²) >= 11 is 6.05. The summed E-state index contributed by atoms with van der Waals surface area (Å²) in [6.07, 6.45) is 2.94.